The third kappa shape index (κ3) is 2.90. The van der Waals surface area contributed by atoms with Gasteiger partial charge in [0.2, 0.25) is 0 Å². The van der Waals surface area contributed by atoms with E-state index in [1.165, 1.54) is 0 Å². The van der Waals surface area contributed by atoms with Crippen LogP contribution in [0.2, 0.25) is 0 Å². The van der Waals surface area contributed by atoms with E-state index in [0.717, 1.165) is 44.5 Å². The average molecular weight is 330 g/mol. The van der Waals surface area contributed by atoms with Crippen LogP contribution in [-0.2, 0) is 0 Å². The SMILES string of the molecule is COc1ccc2c(OC)cc(C3=NC(C(C)C)CS3)nc2c1C. The summed E-state index contributed by atoms with van der Waals surface area (Å²) >= 11 is 1.78. The number of fused-ring (bicyclic) bond motifs is 1. The highest BCUT2D eigenvalue weighted by Gasteiger charge is 2.24. The molecule has 0 saturated carbocycles. The van der Waals surface area contributed by atoms with Gasteiger partial charge in [0.25, 0.3) is 0 Å². The van der Waals surface area contributed by atoms with Gasteiger partial charge in [-0.1, -0.05) is 13.8 Å². The van der Waals surface area contributed by atoms with Gasteiger partial charge in [-0.3, -0.25) is 4.99 Å². The number of thioether (sulfide) groups is 1. The number of rotatable bonds is 4. The second-order valence-corrected chi connectivity index (χ2v) is 7.06. The smallest absolute Gasteiger partial charge is 0.130 e. The number of aryl methyl sites for hydroxylation is 1. The maximum absolute atomic E-state index is 5.59. The maximum atomic E-state index is 5.59. The molecule has 3 rings (SSSR count). The lowest BCUT2D eigenvalue weighted by atomic mass is 10.1. The van der Waals surface area contributed by atoms with Gasteiger partial charge in [-0.15, -0.1) is 11.8 Å². The highest BCUT2D eigenvalue weighted by atomic mass is 32.2. The van der Waals surface area contributed by atoms with Crippen LogP contribution in [0.1, 0.15) is 25.1 Å². The van der Waals surface area contributed by atoms with Gasteiger partial charge < -0.3 is 9.47 Å². The minimum Gasteiger partial charge on any atom is -0.496 e. The summed E-state index contributed by atoms with van der Waals surface area (Å²) < 4.78 is 11.0. The van der Waals surface area contributed by atoms with Crippen molar-refractivity contribution in [2.45, 2.75) is 26.8 Å². The summed E-state index contributed by atoms with van der Waals surface area (Å²) in [7, 11) is 3.37. The zero-order valence-corrected chi connectivity index (χ0v) is 15.0. The van der Waals surface area contributed by atoms with Crippen molar-refractivity contribution in [3.63, 3.8) is 0 Å². The van der Waals surface area contributed by atoms with E-state index < -0.39 is 0 Å². The van der Waals surface area contributed by atoms with E-state index in [9.17, 15) is 0 Å². The van der Waals surface area contributed by atoms with Gasteiger partial charge in [0.05, 0.1) is 31.5 Å². The molecule has 5 heteroatoms. The summed E-state index contributed by atoms with van der Waals surface area (Å²) in [6.45, 7) is 6.44. The molecule has 0 fully saturated rings. The molecular formula is C18H22N2O2S. The van der Waals surface area contributed by atoms with E-state index in [1.54, 1.807) is 26.0 Å². The van der Waals surface area contributed by atoms with E-state index in [1.807, 2.05) is 25.1 Å². The summed E-state index contributed by atoms with van der Waals surface area (Å²) in [5, 5.41) is 2.00. The molecule has 0 saturated heterocycles. The highest BCUT2D eigenvalue weighted by molar-refractivity contribution is 8.14. The van der Waals surface area contributed by atoms with Gasteiger partial charge in [0, 0.05) is 22.8 Å². The van der Waals surface area contributed by atoms with Crippen molar-refractivity contribution in [1.82, 2.24) is 4.98 Å². The third-order valence-electron chi connectivity index (χ3n) is 4.25. The average Bonchev–Trinajstić information content (AvgIpc) is 3.05. The van der Waals surface area contributed by atoms with Crippen LogP contribution in [0, 0.1) is 12.8 Å². The molecule has 0 amide bonds. The molecule has 0 radical (unpaired) electrons. The molecule has 1 aliphatic heterocycles. The van der Waals surface area contributed by atoms with Crippen LogP contribution >= 0.6 is 11.8 Å². The lowest BCUT2D eigenvalue weighted by Gasteiger charge is -2.12. The van der Waals surface area contributed by atoms with Crippen LogP contribution in [0.25, 0.3) is 10.9 Å². The number of nitrogens with zero attached hydrogens (tertiary/aromatic N) is 2. The number of pyridine rings is 1. The second-order valence-electron chi connectivity index (χ2n) is 6.06. The van der Waals surface area contributed by atoms with Gasteiger partial charge in [-0.05, 0) is 25.0 Å². The van der Waals surface area contributed by atoms with Crippen LogP contribution in [-0.4, -0.2) is 36.0 Å². The first-order chi connectivity index (χ1) is 11.0. The molecule has 122 valence electrons. The number of ether oxygens (including phenoxy) is 2. The standard InChI is InChI=1S/C18H22N2O2S/c1-10(2)14-9-23-18(20-14)13-8-16(22-5)12-6-7-15(21-4)11(3)17(12)19-13/h6-8,10,14H,9H2,1-5H3. The van der Waals surface area contributed by atoms with Gasteiger partial charge >= 0.3 is 0 Å². The Morgan fingerprint density at radius 2 is 1.91 bits per heavy atom. The Hall–Kier alpha value is -1.75. The normalized spacial score (nSPS) is 17.7. The molecule has 1 unspecified atom stereocenters. The molecule has 0 N–H and O–H groups in total. The first-order valence-electron chi connectivity index (χ1n) is 7.78. The lowest BCUT2D eigenvalue weighted by molar-refractivity contribution is 0.411. The van der Waals surface area contributed by atoms with Crippen molar-refractivity contribution in [1.29, 1.82) is 0 Å². The number of hydrogen-bond donors (Lipinski definition) is 0. The molecule has 23 heavy (non-hydrogen) atoms. The molecule has 4 nitrogen and oxygen atoms in total. The Morgan fingerprint density at radius 3 is 2.52 bits per heavy atom. The third-order valence-corrected chi connectivity index (χ3v) is 5.35. The zero-order valence-electron chi connectivity index (χ0n) is 14.2. The molecule has 1 aromatic carbocycles. The van der Waals surface area contributed by atoms with Gasteiger partial charge in [-0.2, -0.15) is 0 Å². The van der Waals surface area contributed by atoms with E-state index in [4.69, 9.17) is 19.5 Å². The van der Waals surface area contributed by atoms with Crippen molar-refractivity contribution in [2.75, 3.05) is 20.0 Å². The van der Waals surface area contributed by atoms with Crippen LogP contribution in [0.5, 0.6) is 11.5 Å². The Morgan fingerprint density at radius 1 is 1.17 bits per heavy atom. The van der Waals surface area contributed by atoms with Crippen LogP contribution in [0.4, 0.5) is 0 Å². The van der Waals surface area contributed by atoms with E-state index >= 15 is 0 Å². The molecule has 0 bridgehead atoms. The Labute approximate surface area is 141 Å². The number of benzene rings is 1. The molecule has 1 aliphatic rings. The van der Waals surface area contributed by atoms with E-state index in [-0.39, 0.29) is 0 Å². The van der Waals surface area contributed by atoms with Crippen molar-refractivity contribution < 1.29 is 9.47 Å². The topological polar surface area (TPSA) is 43.7 Å². The summed E-state index contributed by atoms with van der Waals surface area (Å²) in [5.74, 6) is 3.23. The molecule has 2 aromatic rings. The molecule has 1 aromatic heterocycles. The quantitative estimate of drug-likeness (QED) is 0.847. The Kier molecular flexibility index (Phi) is 4.48. The monoisotopic (exact) mass is 330 g/mol. The van der Waals surface area contributed by atoms with Crippen molar-refractivity contribution in [3.8, 4) is 11.5 Å². The number of methoxy groups -OCH3 is 2. The first kappa shape index (κ1) is 16.1. The first-order valence-corrected chi connectivity index (χ1v) is 8.77. The Bertz CT molecular complexity index is 771. The predicted octanol–water partition coefficient (Wildman–Crippen LogP) is 4.08. The fourth-order valence-corrected chi connectivity index (χ4v) is 4.00. The molecular weight excluding hydrogens is 308 g/mol. The van der Waals surface area contributed by atoms with Crippen molar-refractivity contribution >= 4 is 27.7 Å². The second kappa shape index (κ2) is 6.40. The molecule has 0 aliphatic carbocycles. The van der Waals surface area contributed by atoms with Crippen LogP contribution in [0.3, 0.4) is 0 Å². The largest absolute Gasteiger partial charge is 0.496 e. The number of aromatic nitrogens is 1. The number of hydrogen-bond acceptors (Lipinski definition) is 5. The lowest BCUT2D eigenvalue weighted by Crippen LogP contribution is -2.11. The van der Waals surface area contributed by atoms with Crippen molar-refractivity contribution in [3.05, 3.63) is 29.5 Å². The molecule has 0 spiro atoms. The summed E-state index contributed by atoms with van der Waals surface area (Å²) in [6.07, 6.45) is 0. The maximum Gasteiger partial charge on any atom is 0.130 e. The predicted molar refractivity (Wildman–Crippen MR) is 97.2 cm³/mol. The van der Waals surface area contributed by atoms with Crippen LogP contribution in [0.15, 0.2) is 23.2 Å². The van der Waals surface area contributed by atoms with Crippen LogP contribution < -0.4 is 9.47 Å². The van der Waals surface area contributed by atoms with Gasteiger partial charge in [0.15, 0.2) is 0 Å². The minimum absolute atomic E-state index is 0.366. The summed E-state index contributed by atoms with van der Waals surface area (Å²) in [6, 6.07) is 6.31. The molecule has 1 atom stereocenters. The fraction of sp³-hybridized carbons (Fsp3) is 0.444. The number of aliphatic imine (C=N–C) groups is 1. The van der Waals surface area contributed by atoms with Crippen molar-refractivity contribution in [2.24, 2.45) is 10.9 Å². The molecule has 2 heterocycles. The highest BCUT2D eigenvalue weighted by Crippen LogP contribution is 2.34. The van der Waals surface area contributed by atoms with E-state index in [2.05, 4.69) is 13.8 Å². The van der Waals surface area contributed by atoms with E-state index in [0.29, 0.717) is 12.0 Å². The van der Waals surface area contributed by atoms with Gasteiger partial charge in [-0.25, -0.2) is 4.98 Å². The zero-order chi connectivity index (χ0) is 16.6. The summed E-state index contributed by atoms with van der Waals surface area (Å²) in [5.41, 5.74) is 2.82. The minimum atomic E-state index is 0.366. The Balaban J connectivity index is 2.16. The van der Waals surface area contributed by atoms with Gasteiger partial charge in [0.1, 0.15) is 16.5 Å². The fourth-order valence-electron chi connectivity index (χ4n) is 2.75. The summed E-state index contributed by atoms with van der Waals surface area (Å²) in [4.78, 5) is 9.70.